The lowest BCUT2D eigenvalue weighted by molar-refractivity contribution is 0.0951. The number of amides is 3. The number of carbonyl (C=O) groups is 2. The first-order valence-corrected chi connectivity index (χ1v) is 12.4. The fraction of sp³-hybridized carbons (Fsp3) is 0.391. The topological polar surface area (TPSA) is 114 Å². The SMILES string of the molecule is [3H]c1cc(CCNC(=O)c2c(OC)ccc(Cl)c2[3H])cc([3H])c1S(=O)(=O)NC(=O)NC1CCCCC1. The molecule has 0 aromatic heterocycles. The molecular formula is C23H28ClN3O5S. The molecule has 0 heterocycles. The van der Waals surface area contributed by atoms with Crippen molar-refractivity contribution in [2.75, 3.05) is 13.7 Å². The number of rotatable bonds is 8. The van der Waals surface area contributed by atoms with Crippen LogP contribution in [0.2, 0.25) is 5.02 Å². The molecule has 2 aromatic carbocycles. The molecule has 3 N–H and O–H groups in total. The molecule has 1 fully saturated rings. The second-order valence-corrected chi connectivity index (χ2v) is 9.68. The Hall–Kier alpha value is -2.78. The molecule has 2 aromatic rings. The van der Waals surface area contributed by atoms with Crippen LogP contribution < -0.4 is 20.1 Å². The Morgan fingerprint density at radius 1 is 1.15 bits per heavy atom. The molecule has 0 spiro atoms. The summed E-state index contributed by atoms with van der Waals surface area (Å²) in [6, 6.07) is 3.45. The van der Waals surface area contributed by atoms with Crippen molar-refractivity contribution in [2.24, 2.45) is 0 Å². The zero-order valence-electron chi connectivity index (χ0n) is 21.2. The van der Waals surface area contributed by atoms with E-state index >= 15 is 0 Å². The zero-order chi connectivity index (χ0) is 26.5. The quantitative estimate of drug-likeness (QED) is 0.513. The van der Waals surface area contributed by atoms with Gasteiger partial charge in [-0.1, -0.05) is 43.0 Å². The maximum absolute atomic E-state index is 12.7. The van der Waals surface area contributed by atoms with Gasteiger partial charge in [0.1, 0.15) is 5.75 Å². The first kappa shape index (κ1) is 20.8. The van der Waals surface area contributed by atoms with E-state index in [1.165, 1.54) is 31.4 Å². The zero-order valence-corrected chi connectivity index (χ0v) is 19.7. The average Bonchev–Trinajstić information content (AvgIpc) is 2.80. The normalized spacial score (nSPS) is 15.6. The van der Waals surface area contributed by atoms with Crippen molar-refractivity contribution in [3.63, 3.8) is 0 Å². The van der Waals surface area contributed by atoms with E-state index in [1.54, 1.807) is 0 Å². The van der Waals surface area contributed by atoms with Gasteiger partial charge in [-0.3, -0.25) is 4.79 Å². The Morgan fingerprint density at radius 2 is 1.85 bits per heavy atom. The molecule has 33 heavy (non-hydrogen) atoms. The minimum atomic E-state index is -4.43. The highest BCUT2D eigenvalue weighted by molar-refractivity contribution is 7.90. The number of ether oxygens (including phenoxy) is 1. The Labute approximate surface area is 203 Å². The van der Waals surface area contributed by atoms with Crippen LogP contribution in [0.5, 0.6) is 5.75 Å². The van der Waals surface area contributed by atoms with Gasteiger partial charge < -0.3 is 15.4 Å². The van der Waals surface area contributed by atoms with Crippen molar-refractivity contribution in [3.05, 3.63) is 58.5 Å². The fourth-order valence-electron chi connectivity index (χ4n) is 3.54. The van der Waals surface area contributed by atoms with Crippen molar-refractivity contribution in [1.29, 1.82) is 0 Å². The summed E-state index contributed by atoms with van der Waals surface area (Å²) >= 11 is 5.94. The number of nitrogens with one attached hydrogen (secondary N) is 3. The molecular weight excluding hydrogens is 466 g/mol. The van der Waals surface area contributed by atoms with E-state index in [-0.39, 0.29) is 41.4 Å². The summed E-state index contributed by atoms with van der Waals surface area (Å²) in [5, 5.41) is 5.37. The van der Waals surface area contributed by atoms with Crippen LogP contribution in [-0.2, 0) is 16.4 Å². The Kier molecular flexibility index (Phi) is 7.17. The molecule has 0 atom stereocenters. The number of benzene rings is 2. The second kappa shape index (κ2) is 11.4. The third-order valence-corrected chi connectivity index (χ3v) is 6.68. The Balaban J connectivity index is 1.65. The van der Waals surface area contributed by atoms with Crippen LogP contribution in [0, 0.1) is 0 Å². The van der Waals surface area contributed by atoms with Gasteiger partial charge in [-0.25, -0.2) is 17.9 Å². The highest BCUT2D eigenvalue weighted by Crippen LogP contribution is 2.22. The molecule has 0 bridgehead atoms. The molecule has 1 aliphatic rings. The molecule has 0 aliphatic heterocycles. The minimum Gasteiger partial charge on any atom is -0.496 e. The third-order valence-electron chi connectivity index (χ3n) is 5.23. The van der Waals surface area contributed by atoms with Crippen LogP contribution in [0.3, 0.4) is 0 Å². The summed E-state index contributed by atoms with van der Waals surface area (Å²) in [6.45, 7) is 0.0843. The Bertz CT molecular complexity index is 1230. The predicted molar refractivity (Wildman–Crippen MR) is 126 cm³/mol. The van der Waals surface area contributed by atoms with Gasteiger partial charge in [0, 0.05) is 17.6 Å². The summed E-state index contributed by atoms with van der Waals surface area (Å²) in [5.74, 6) is -0.387. The predicted octanol–water partition coefficient (Wildman–Crippen LogP) is 3.64. The summed E-state index contributed by atoms with van der Waals surface area (Å²) in [5.41, 5.74) is 0.423. The molecule has 3 rings (SSSR count). The van der Waals surface area contributed by atoms with E-state index in [0.717, 1.165) is 32.1 Å². The van der Waals surface area contributed by atoms with Gasteiger partial charge in [0.15, 0.2) is 0 Å². The smallest absolute Gasteiger partial charge is 0.328 e. The summed E-state index contributed by atoms with van der Waals surface area (Å²) in [7, 11) is -3.06. The third kappa shape index (κ3) is 7.10. The molecule has 8 nitrogen and oxygen atoms in total. The van der Waals surface area contributed by atoms with Gasteiger partial charge in [0.2, 0.25) is 0 Å². The monoisotopic (exact) mass is 499 g/mol. The van der Waals surface area contributed by atoms with E-state index in [4.69, 9.17) is 20.5 Å². The van der Waals surface area contributed by atoms with E-state index in [2.05, 4.69) is 10.6 Å². The maximum Gasteiger partial charge on any atom is 0.328 e. The van der Waals surface area contributed by atoms with Crippen LogP contribution in [0.4, 0.5) is 4.79 Å². The van der Waals surface area contributed by atoms with Gasteiger partial charge in [-0.15, -0.1) is 0 Å². The van der Waals surface area contributed by atoms with E-state index in [9.17, 15) is 18.0 Å². The minimum absolute atomic E-state index is 0.0219. The largest absolute Gasteiger partial charge is 0.496 e. The van der Waals surface area contributed by atoms with Crippen molar-refractivity contribution in [1.82, 2.24) is 15.4 Å². The first-order chi connectivity index (χ1) is 17.0. The fourth-order valence-corrected chi connectivity index (χ4v) is 4.53. The molecule has 3 amide bonds. The van der Waals surface area contributed by atoms with Gasteiger partial charge in [0.05, 0.1) is 21.7 Å². The number of sulfonamides is 1. The molecule has 0 unspecified atom stereocenters. The van der Waals surface area contributed by atoms with Crippen molar-refractivity contribution in [3.8, 4) is 5.75 Å². The summed E-state index contributed by atoms with van der Waals surface area (Å²) < 4.78 is 56.8. The lowest BCUT2D eigenvalue weighted by Gasteiger charge is -2.22. The van der Waals surface area contributed by atoms with Gasteiger partial charge in [0.25, 0.3) is 15.9 Å². The van der Waals surface area contributed by atoms with Crippen molar-refractivity contribution < 1.29 is 26.9 Å². The second-order valence-electron chi connectivity index (χ2n) is 7.65. The van der Waals surface area contributed by atoms with Gasteiger partial charge in [-0.2, -0.15) is 0 Å². The highest BCUT2D eigenvalue weighted by Gasteiger charge is 2.21. The first-order valence-electron chi connectivity index (χ1n) is 12.1. The van der Waals surface area contributed by atoms with Crippen LogP contribution in [0.1, 0.15) is 52.1 Å². The molecule has 0 radical (unpaired) electrons. The number of urea groups is 1. The Morgan fingerprint density at radius 3 is 2.52 bits per heavy atom. The van der Waals surface area contributed by atoms with Crippen LogP contribution >= 0.6 is 11.6 Å². The number of hydrogen-bond acceptors (Lipinski definition) is 5. The van der Waals surface area contributed by atoms with E-state index in [0.29, 0.717) is 5.56 Å². The van der Waals surface area contributed by atoms with Gasteiger partial charge >= 0.3 is 6.03 Å². The van der Waals surface area contributed by atoms with Gasteiger partial charge in [-0.05, 0) is 55.1 Å². The molecule has 1 aliphatic carbocycles. The van der Waals surface area contributed by atoms with Crippen LogP contribution in [-0.4, -0.2) is 40.1 Å². The number of hydrogen-bond donors (Lipinski definition) is 3. The maximum atomic E-state index is 12.7. The summed E-state index contributed by atoms with van der Waals surface area (Å²) in [6.07, 6.45) is 4.75. The average molecular weight is 500 g/mol. The lowest BCUT2D eigenvalue weighted by atomic mass is 9.96. The lowest BCUT2D eigenvalue weighted by Crippen LogP contribution is -2.45. The van der Waals surface area contributed by atoms with Crippen molar-refractivity contribution >= 4 is 33.6 Å². The number of halogens is 1. The molecule has 178 valence electrons. The van der Waals surface area contributed by atoms with E-state index < -0.39 is 38.9 Å². The van der Waals surface area contributed by atoms with Crippen molar-refractivity contribution in [2.45, 2.75) is 49.5 Å². The summed E-state index contributed by atoms with van der Waals surface area (Å²) in [4.78, 5) is 24.2. The molecule has 1 saturated carbocycles. The standard InChI is InChI=1S/C23H28ClN3O5S/c1-32-21-12-9-17(24)15-20(21)22(28)25-14-13-16-7-10-19(11-8-16)33(30,31)27-23(29)26-18-5-3-2-4-6-18/h7-12,15,18H,2-6,13-14H2,1H3,(H,25,28)(H2,26,27,29)/i10T,11T,15T. The molecule has 0 saturated heterocycles. The molecule has 10 heteroatoms. The number of methoxy groups -OCH3 is 1. The van der Waals surface area contributed by atoms with E-state index in [1.807, 2.05) is 4.72 Å². The van der Waals surface area contributed by atoms with Crippen LogP contribution in [0.15, 0.2) is 47.3 Å². The highest BCUT2D eigenvalue weighted by atomic mass is 35.5. The number of carbonyl (C=O) groups excluding carboxylic acids is 2. The van der Waals surface area contributed by atoms with Crippen LogP contribution in [0.25, 0.3) is 0 Å².